The molecular weight excluding hydrogens is 382 g/mol. The molecule has 4 aromatic rings. The van der Waals surface area contributed by atoms with E-state index in [1.807, 2.05) is 39.4 Å². The summed E-state index contributed by atoms with van der Waals surface area (Å²) >= 11 is 0. The average Bonchev–Trinajstić information content (AvgIpc) is 3.31. The third-order valence-electron chi connectivity index (χ3n) is 4.86. The maximum atomic E-state index is 12.3. The van der Waals surface area contributed by atoms with Gasteiger partial charge < -0.3 is 19.2 Å². The molecule has 0 spiro atoms. The Balaban J connectivity index is 1.92. The average molecular weight is 407 g/mol. The molecule has 0 amide bonds. The molecule has 0 fully saturated rings. The number of nitrogens with one attached hydrogen (secondary N) is 1. The minimum absolute atomic E-state index is 0.0159. The van der Waals surface area contributed by atoms with Gasteiger partial charge in [-0.25, -0.2) is 4.98 Å². The van der Waals surface area contributed by atoms with E-state index in [0.717, 1.165) is 40.4 Å². The van der Waals surface area contributed by atoms with Gasteiger partial charge in [0.05, 0.1) is 30.6 Å². The number of aromatic nitrogens is 4. The summed E-state index contributed by atoms with van der Waals surface area (Å²) in [6.45, 7) is 5.45. The predicted molar refractivity (Wildman–Crippen MR) is 116 cm³/mol. The number of nitrogens with zero attached hydrogens (tertiary/aromatic N) is 4. The van der Waals surface area contributed by atoms with Gasteiger partial charge in [-0.05, 0) is 18.6 Å². The lowest BCUT2D eigenvalue weighted by Gasteiger charge is -2.09. The standard InChI is InChI=1S/C22H25N5O3/c1-4-10-30-16-5-8-26-18(15(2)28)13-17(19(26)12-16)21-22(24-7-11-29-3)27-9-6-23-14-20(27)25-21/h5-6,8-9,12-14,24H,4,7,10-11H2,1-3H3. The summed E-state index contributed by atoms with van der Waals surface area (Å²) in [6, 6.07) is 5.72. The number of carbonyl (C=O) groups excluding carboxylic acids is 1. The van der Waals surface area contributed by atoms with E-state index in [0.29, 0.717) is 25.5 Å². The van der Waals surface area contributed by atoms with Gasteiger partial charge in [0.1, 0.15) is 17.3 Å². The van der Waals surface area contributed by atoms with Crippen LogP contribution in [0.1, 0.15) is 30.8 Å². The second-order valence-electron chi connectivity index (χ2n) is 7.00. The number of fused-ring (bicyclic) bond motifs is 2. The molecule has 30 heavy (non-hydrogen) atoms. The molecule has 8 nitrogen and oxygen atoms in total. The van der Waals surface area contributed by atoms with Crippen LogP contribution in [0.3, 0.4) is 0 Å². The van der Waals surface area contributed by atoms with Crippen molar-refractivity contribution in [3.63, 3.8) is 0 Å². The Bertz CT molecular complexity index is 1190. The van der Waals surface area contributed by atoms with Crippen LogP contribution >= 0.6 is 0 Å². The van der Waals surface area contributed by atoms with Crippen LogP contribution < -0.4 is 10.1 Å². The normalized spacial score (nSPS) is 11.3. The number of pyridine rings is 1. The van der Waals surface area contributed by atoms with Crippen molar-refractivity contribution in [1.82, 2.24) is 18.8 Å². The number of anilines is 1. The minimum Gasteiger partial charge on any atom is -0.493 e. The molecule has 156 valence electrons. The van der Waals surface area contributed by atoms with Crippen molar-refractivity contribution in [2.75, 3.05) is 32.2 Å². The van der Waals surface area contributed by atoms with Crippen molar-refractivity contribution in [3.05, 3.63) is 48.7 Å². The van der Waals surface area contributed by atoms with Gasteiger partial charge in [0.15, 0.2) is 11.4 Å². The molecule has 0 radical (unpaired) electrons. The van der Waals surface area contributed by atoms with Crippen LogP contribution in [0.4, 0.5) is 5.82 Å². The predicted octanol–water partition coefficient (Wildman–Crippen LogP) is 3.70. The van der Waals surface area contributed by atoms with Crippen molar-refractivity contribution in [3.8, 4) is 17.0 Å². The van der Waals surface area contributed by atoms with E-state index in [1.54, 1.807) is 26.4 Å². The van der Waals surface area contributed by atoms with Crippen molar-refractivity contribution in [2.45, 2.75) is 20.3 Å². The van der Waals surface area contributed by atoms with E-state index in [2.05, 4.69) is 17.2 Å². The molecule has 0 aliphatic rings. The molecular formula is C22H25N5O3. The second kappa shape index (κ2) is 8.54. The fourth-order valence-corrected chi connectivity index (χ4v) is 3.48. The van der Waals surface area contributed by atoms with Gasteiger partial charge in [0.25, 0.3) is 0 Å². The summed E-state index contributed by atoms with van der Waals surface area (Å²) in [5.41, 5.74) is 3.78. The van der Waals surface area contributed by atoms with E-state index >= 15 is 0 Å². The van der Waals surface area contributed by atoms with Gasteiger partial charge in [-0.2, -0.15) is 0 Å². The maximum absolute atomic E-state index is 12.3. The highest BCUT2D eigenvalue weighted by molar-refractivity contribution is 5.99. The zero-order chi connectivity index (χ0) is 21.1. The number of ether oxygens (including phenoxy) is 2. The van der Waals surface area contributed by atoms with Gasteiger partial charge in [-0.1, -0.05) is 6.92 Å². The first-order valence-electron chi connectivity index (χ1n) is 9.98. The Labute approximate surface area is 174 Å². The van der Waals surface area contributed by atoms with Crippen LogP contribution in [0.15, 0.2) is 43.0 Å². The lowest BCUT2D eigenvalue weighted by molar-refractivity contribution is 0.101. The van der Waals surface area contributed by atoms with E-state index in [1.165, 1.54) is 0 Å². The van der Waals surface area contributed by atoms with E-state index in [4.69, 9.17) is 14.5 Å². The topological polar surface area (TPSA) is 82.2 Å². The molecule has 0 saturated heterocycles. The monoisotopic (exact) mass is 407 g/mol. The van der Waals surface area contributed by atoms with Crippen LogP contribution in [0.25, 0.3) is 22.4 Å². The van der Waals surface area contributed by atoms with Crippen LogP contribution in [0.2, 0.25) is 0 Å². The Morgan fingerprint density at radius 1 is 1.20 bits per heavy atom. The van der Waals surface area contributed by atoms with Crippen molar-refractivity contribution in [1.29, 1.82) is 0 Å². The van der Waals surface area contributed by atoms with Crippen LogP contribution in [0, 0.1) is 0 Å². The molecule has 0 unspecified atom stereocenters. The smallest absolute Gasteiger partial charge is 0.176 e. The maximum Gasteiger partial charge on any atom is 0.176 e. The molecule has 4 aromatic heterocycles. The lowest BCUT2D eigenvalue weighted by atomic mass is 10.1. The number of ketones is 1. The Morgan fingerprint density at radius 2 is 2.07 bits per heavy atom. The Hall–Kier alpha value is -3.39. The third kappa shape index (κ3) is 3.61. The van der Waals surface area contributed by atoms with Gasteiger partial charge in [-0.3, -0.25) is 14.2 Å². The van der Waals surface area contributed by atoms with E-state index in [9.17, 15) is 4.79 Å². The van der Waals surface area contributed by atoms with Crippen LogP contribution in [-0.4, -0.2) is 51.4 Å². The number of rotatable bonds is 9. The summed E-state index contributed by atoms with van der Waals surface area (Å²) in [5, 5.41) is 3.41. The first-order chi connectivity index (χ1) is 14.6. The highest BCUT2D eigenvalue weighted by atomic mass is 16.5. The zero-order valence-corrected chi connectivity index (χ0v) is 17.4. The number of carbonyl (C=O) groups is 1. The van der Waals surface area contributed by atoms with Crippen molar-refractivity contribution >= 4 is 22.8 Å². The van der Waals surface area contributed by atoms with Gasteiger partial charge in [-0.15, -0.1) is 0 Å². The van der Waals surface area contributed by atoms with Gasteiger partial charge in [0, 0.05) is 50.8 Å². The number of Topliss-reactive ketones (excluding diaryl/α,β-unsaturated/α-hetero) is 1. The molecule has 4 rings (SSSR count). The number of hydrogen-bond donors (Lipinski definition) is 1. The summed E-state index contributed by atoms with van der Waals surface area (Å²) in [7, 11) is 1.67. The number of methoxy groups -OCH3 is 1. The van der Waals surface area contributed by atoms with Crippen LogP contribution in [0.5, 0.6) is 5.75 Å². The van der Waals surface area contributed by atoms with Gasteiger partial charge in [0.2, 0.25) is 0 Å². The summed E-state index contributed by atoms with van der Waals surface area (Å²) in [6.07, 6.45) is 8.09. The van der Waals surface area contributed by atoms with Crippen molar-refractivity contribution < 1.29 is 14.3 Å². The molecule has 0 atom stereocenters. The second-order valence-corrected chi connectivity index (χ2v) is 7.00. The van der Waals surface area contributed by atoms with Crippen LogP contribution in [-0.2, 0) is 4.74 Å². The molecule has 1 N–H and O–H groups in total. The number of hydrogen-bond acceptors (Lipinski definition) is 6. The fraction of sp³-hybridized carbons (Fsp3) is 0.318. The first-order valence-corrected chi connectivity index (χ1v) is 9.98. The molecule has 4 heterocycles. The Kier molecular flexibility index (Phi) is 5.67. The molecule has 0 aromatic carbocycles. The zero-order valence-electron chi connectivity index (χ0n) is 17.4. The molecule has 0 aliphatic carbocycles. The molecule has 8 heteroatoms. The van der Waals surface area contributed by atoms with E-state index < -0.39 is 0 Å². The Morgan fingerprint density at radius 3 is 2.83 bits per heavy atom. The van der Waals surface area contributed by atoms with Gasteiger partial charge >= 0.3 is 0 Å². The summed E-state index contributed by atoms with van der Waals surface area (Å²) in [5.74, 6) is 1.57. The quantitative estimate of drug-likeness (QED) is 0.337. The summed E-state index contributed by atoms with van der Waals surface area (Å²) in [4.78, 5) is 21.3. The van der Waals surface area contributed by atoms with E-state index in [-0.39, 0.29) is 5.78 Å². The fourth-order valence-electron chi connectivity index (χ4n) is 3.48. The van der Waals surface area contributed by atoms with Crippen molar-refractivity contribution in [2.24, 2.45) is 0 Å². The molecule has 0 bridgehead atoms. The highest BCUT2D eigenvalue weighted by Gasteiger charge is 2.21. The minimum atomic E-state index is -0.0159. The lowest BCUT2D eigenvalue weighted by Crippen LogP contribution is -2.10. The highest BCUT2D eigenvalue weighted by Crippen LogP contribution is 2.35. The third-order valence-corrected chi connectivity index (χ3v) is 4.86. The summed E-state index contributed by atoms with van der Waals surface area (Å²) < 4.78 is 14.9. The molecule has 0 saturated carbocycles. The first kappa shape index (κ1) is 19.9. The largest absolute Gasteiger partial charge is 0.493 e. The number of imidazole rings is 1. The SMILES string of the molecule is CCCOc1ccn2c(C(C)=O)cc(-c3nc4cnccn4c3NCCOC)c2c1. The molecule has 0 aliphatic heterocycles.